The van der Waals surface area contributed by atoms with Gasteiger partial charge in [0, 0.05) is 6.54 Å². The summed E-state index contributed by atoms with van der Waals surface area (Å²) in [5.74, 6) is -1.04. The second-order valence-corrected chi connectivity index (χ2v) is 5.40. The molecule has 100 valence electrons. The Hall–Kier alpha value is -1.43. The first-order valence-electron chi connectivity index (χ1n) is 6.29. The quantitative estimate of drug-likeness (QED) is 0.603. The molecule has 2 fully saturated rings. The molecule has 2 heterocycles. The summed E-state index contributed by atoms with van der Waals surface area (Å²) in [7, 11) is 0. The molecule has 0 aromatic carbocycles. The van der Waals surface area contributed by atoms with Crippen molar-refractivity contribution in [1.29, 1.82) is 0 Å². The number of amides is 3. The molecule has 1 atom stereocenters. The first-order chi connectivity index (χ1) is 8.43. The van der Waals surface area contributed by atoms with Gasteiger partial charge in [-0.2, -0.15) is 0 Å². The second kappa shape index (κ2) is 4.68. The van der Waals surface area contributed by atoms with Crippen molar-refractivity contribution in [3.05, 3.63) is 0 Å². The van der Waals surface area contributed by atoms with Gasteiger partial charge in [0.25, 0.3) is 5.91 Å². The van der Waals surface area contributed by atoms with Crippen LogP contribution in [-0.2, 0) is 14.4 Å². The summed E-state index contributed by atoms with van der Waals surface area (Å²) >= 11 is 0. The van der Waals surface area contributed by atoms with Crippen LogP contribution < -0.4 is 10.6 Å². The second-order valence-electron chi connectivity index (χ2n) is 5.40. The predicted octanol–water partition coefficient (Wildman–Crippen LogP) is -0.750. The Balaban J connectivity index is 2.16. The summed E-state index contributed by atoms with van der Waals surface area (Å²) in [4.78, 5) is 37.0. The summed E-state index contributed by atoms with van der Waals surface area (Å²) in [6.45, 7) is 4.85. The van der Waals surface area contributed by atoms with Crippen LogP contribution >= 0.6 is 0 Å². The third-order valence-corrected chi connectivity index (χ3v) is 3.70. The van der Waals surface area contributed by atoms with E-state index in [9.17, 15) is 14.4 Å². The maximum absolute atomic E-state index is 12.4. The molecule has 0 aromatic rings. The number of imide groups is 1. The number of piperidine rings is 1. The van der Waals surface area contributed by atoms with Gasteiger partial charge in [0.1, 0.15) is 12.1 Å². The summed E-state index contributed by atoms with van der Waals surface area (Å²) < 4.78 is 0. The number of carbonyl (C=O) groups excluding carboxylic acids is 3. The van der Waals surface area contributed by atoms with E-state index in [0.717, 1.165) is 19.4 Å². The zero-order valence-corrected chi connectivity index (χ0v) is 10.8. The van der Waals surface area contributed by atoms with E-state index in [1.54, 1.807) is 13.8 Å². The third kappa shape index (κ3) is 2.25. The molecule has 3 amide bonds. The molecule has 0 unspecified atom stereocenters. The van der Waals surface area contributed by atoms with E-state index in [4.69, 9.17) is 0 Å². The number of nitrogens with zero attached hydrogens (tertiary/aromatic N) is 1. The van der Waals surface area contributed by atoms with Crippen LogP contribution in [0.25, 0.3) is 0 Å². The molecular weight excluding hydrogens is 234 g/mol. The number of rotatable bonds is 1. The zero-order valence-electron chi connectivity index (χ0n) is 10.8. The molecule has 0 spiro atoms. The fourth-order valence-corrected chi connectivity index (χ4v) is 2.42. The molecule has 0 aromatic heterocycles. The normalized spacial score (nSPS) is 27.9. The molecular formula is C12H19N3O3. The minimum absolute atomic E-state index is 0.0337. The van der Waals surface area contributed by atoms with E-state index in [1.165, 1.54) is 4.90 Å². The molecule has 2 aliphatic rings. The Morgan fingerprint density at radius 2 is 2.11 bits per heavy atom. The molecule has 18 heavy (non-hydrogen) atoms. The first-order valence-corrected chi connectivity index (χ1v) is 6.29. The topological polar surface area (TPSA) is 78.5 Å². The van der Waals surface area contributed by atoms with Crippen molar-refractivity contribution in [2.45, 2.75) is 32.2 Å². The molecule has 0 radical (unpaired) electrons. The SMILES string of the molecule is CC1(C)C(=O)NC(=O)CN1C(=O)[C@@H]1CCCNC1. The smallest absolute Gasteiger partial charge is 0.252 e. The van der Waals surface area contributed by atoms with E-state index in [0.29, 0.717) is 6.54 Å². The molecule has 6 nitrogen and oxygen atoms in total. The Kier molecular flexibility index (Phi) is 3.38. The lowest BCUT2D eigenvalue weighted by molar-refractivity contribution is -0.158. The molecule has 0 aliphatic carbocycles. The van der Waals surface area contributed by atoms with E-state index < -0.39 is 17.4 Å². The van der Waals surface area contributed by atoms with E-state index in [-0.39, 0.29) is 18.4 Å². The average Bonchev–Trinajstić information content (AvgIpc) is 2.34. The van der Waals surface area contributed by atoms with Gasteiger partial charge in [-0.25, -0.2) is 0 Å². The molecule has 0 bridgehead atoms. The van der Waals surface area contributed by atoms with Crippen LogP contribution in [0.4, 0.5) is 0 Å². The highest BCUT2D eigenvalue weighted by atomic mass is 16.2. The van der Waals surface area contributed by atoms with Crippen LogP contribution in [-0.4, -0.2) is 47.8 Å². The van der Waals surface area contributed by atoms with Crippen molar-refractivity contribution in [2.24, 2.45) is 5.92 Å². The van der Waals surface area contributed by atoms with Crippen molar-refractivity contribution in [2.75, 3.05) is 19.6 Å². The van der Waals surface area contributed by atoms with Crippen molar-refractivity contribution in [1.82, 2.24) is 15.5 Å². The fourth-order valence-electron chi connectivity index (χ4n) is 2.42. The minimum Gasteiger partial charge on any atom is -0.319 e. The molecule has 0 saturated carbocycles. The number of hydrogen-bond acceptors (Lipinski definition) is 4. The maximum Gasteiger partial charge on any atom is 0.252 e. The monoisotopic (exact) mass is 253 g/mol. The highest BCUT2D eigenvalue weighted by molar-refractivity contribution is 6.06. The van der Waals surface area contributed by atoms with Gasteiger partial charge in [-0.05, 0) is 33.2 Å². The molecule has 2 saturated heterocycles. The summed E-state index contributed by atoms with van der Waals surface area (Å²) in [6.07, 6.45) is 1.76. The first kappa shape index (κ1) is 13.0. The van der Waals surface area contributed by atoms with Crippen LogP contribution in [0.2, 0.25) is 0 Å². The Morgan fingerprint density at radius 1 is 1.39 bits per heavy atom. The summed E-state index contributed by atoms with van der Waals surface area (Å²) in [5.41, 5.74) is -0.956. The van der Waals surface area contributed by atoms with Crippen LogP contribution in [0.15, 0.2) is 0 Å². The van der Waals surface area contributed by atoms with Crippen molar-refractivity contribution < 1.29 is 14.4 Å². The van der Waals surface area contributed by atoms with E-state index in [2.05, 4.69) is 10.6 Å². The molecule has 2 aliphatic heterocycles. The molecule has 2 rings (SSSR count). The van der Waals surface area contributed by atoms with Gasteiger partial charge in [0.2, 0.25) is 11.8 Å². The van der Waals surface area contributed by atoms with Crippen LogP contribution in [0.3, 0.4) is 0 Å². The van der Waals surface area contributed by atoms with Crippen molar-refractivity contribution in [3.63, 3.8) is 0 Å². The maximum atomic E-state index is 12.4. The van der Waals surface area contributed by atoms with Gasteiger partial charge >= 0.3 is 0 Å². The standard InChI is InChI=1S/C12H19N3O3/c1-12(2)11(18)14-9(16)7-15(12)10(17)8-4-3-5-13-6-8/h8,13H,3-7H2,1-2H3,(H,14,16,18)/t8-/m1/s1. The molecule has 6 heteroatoms. The largest absolute Gasteiger partial charge is 0.319 e. The van der Waals surface area contributed by atoms with E-state index >= 15 is 0 Å². The summed E-state index contributed by atoms with van der Waals surface area (Å²) in [6, 6.07) is 0. The number of nitrogens with one attached hydrogen (secondary N) is 2. The van der Waals surface area contributed by atoms with Crippen LogP contribution in [0, 0.1) is 5.92 Å². The fraction of sp³-hybridized carbons (Fsp3) is 0.750. The number of hydrogen-bond donors (Lipinski definition) is 2. The predicted molar refractivity (Wildman–Crippen MR) is 64.5 cm³/mol. The third-order valence-electron chi connectivity index (χ3n) is 3.70. The zero-order chi connectivity index (χ0) is 13.3. The van der Waals surface area contributed by atoms with Gasteiger partial charge < -0.3 is 10.2 Å². The number of piperazine rings is 1. The van der Waals surface area contributed by atoms with Gasteiger partial charge in [-0.3, -0.25) is 19.7 Å². The van der Waals surface area contributed by atoms with Crippen molar-refractivity contribution >= 4 is 17.7 Å². The minimum atomic E-state index is -0.956. The Labute approximate surface area is 106 Å². The number of carbonyl (C=O) groups is 3. The lowest BCUT2D eigenvalue weighted by Gasteiger charge is -2.42. The lowest BCUT2D eigenvalue weighted by atomic mass is 9.92. The van der Waals surface area contributed by atoms with Gasteiger partial charge in [0.15, 0.2) is 0 Å². The van der Waals surface area contributed by atoms with Crippen LogP contribution in [0.5, 0.6) is 0 Å². The highest BCUT2D eigenvalue weighted by Crippen LogP contribution is 2.23. The van der Waals surface area contributed by atoms with Gasteiger partial charge in [0.05, 0.1) is 5.92 Å². The Bertz CT molecular complexity index is 386. The lowest BCUT2D eigenvalue weighted by Crippen LogP contribution is -2.66. The summed E-state index contributed by atoms with van der Waals surface area (Å²) in [5, 5.41) is 5.44. The Morgan fingerprint density at radius 3 is 2.72 bits per heavy atom. The molecule has 2 N–H and O–H groups in total. The van der Waals surface area contributed by atoms with Gasteiger partial charge in [-0.1, -0.05) is 0 Å². The van der Waals surface area contributed by atoms with Crippen molar-refractivity contribution in [3.8, 4) is 0 Å². The average molecular weight is 253 g/mol. The van der Waals surface area contributed by atoms with E-state index in [1.807, 2.05) is 0 Å². The highest BCUT2D eigenvalue weighted by Gasteiger charge is 2.45. The van der Waals surface area contributed by atoms with Gasteiger partial charge in [-0.15, -0.1) is 0 Å². The van der Waals surface area contributed by atoms with Crippen LogP contribution in [0.1, 0.15) is 26.7 Å².